The van der Waals surface area contributed by atoms with E-state index in [1.165, 1.54) is 0 Å². The van der Waals surface area contributed by atoms with Crippen molar-refractivity contribution in [3.63, 3.8) is 0 Å². The molecule has 0 saturated heterocycles. The molecule has 0 fully saturated rings. The van der Waals surface area contributed by atoms with E-state index in [4.69, 9.17) is 9.47 Å². The Morgan fingerprint density at radius 1 is 0.588 bits per heavy atom. The maximum Gasteiger partial charge on any atom is 0.118 e. The lowest BCUT2D eigenvalue weighted by Crippen LogP contribution is -2.11. The van der Waals surface area contributed by atoms with Gasteiger partial charge in [-0.15, -0.1) is 0 Å². The number of ether oxygens (including phenoxy) is 2. The van der Waals surface area contributed by atoms with E-state index >= 15 is 0 Å². The molecule has 0 amide bonds. The van der Waals surface area contributed by atoms with Crippen molar-refractivity contribution in [2.45, 2.75) is 25.0 Å². The highest BCUT2D eigenvalue weighted by Crippen LogP contribution is 2.22. The van der Waals surface area contributed by atoms with Crippen LogP contribution in [0.5, 0.6) is 0 Å². The Morgan fingerprint density at radius 2 is 1.00 bits per heavy atom. The van der Waals surface area contributed by atoms with Crippen LogP contribution < -0.4 is 0 Å². The number of benzene rings is 2. The Labute approximate surface area is 201 Å². The largest absolute Gasteiger partial charge is 0.494 e. The van der Waals surface area contributed by atoms with Gasteiger partial charge in [0.1, 0.15) is 23.7 Å². The molecule has 2 aromatic rings. The molecule has 0 spiro atoms. The molecule has 0 aliphatic heterocycles. The number of rotatable bonds is 9. The van der Waals surface area contributed by atoms with E-state index in [0.29, 0.717) is 24.7 Å². The zero-order chi connectivity index (χ0) is 23.6. The Balaban J connectivity index is 1.15. The summed E-state index contributed by atoms with van der Waals surface area (Å²) < 4.78 is 11.6. The highest BCUT2D eigenvalue weighted by molar-refractivity contribution is 5.60. The number of aliphatic hydroxyl groups is 2. The molecule has 4 heteroatoms. The summed E-state index contributed by atoms with van der Waals surface area (Å²) in [5.74, 6) is 1.36. The molecule has 0 bridgehead atoms. The molecule has 0 radical (unpaired) electrons. The van der Waals surface area contributed by atoms with Crippen molar-refractivity contribution in [1.82, 2.24) is 0 Å². The first-order chi connectivity index (χ1) is 16.7. The van der Waals surface area contributed by atoms with Crippen molar-refractivity contribution in [1.29, 1.82) is 0 Å². The molecule has 2 N–H and O–H groups in total. The van der Waals surface area contributed by atoms with Gasteiger partial charge < -0.3 is 19.7 Å². The van der Waals surface area contributed by atoms with Gasteiger partial charge in [-0.2, -0.15) is 0 Å². The molecular formula is C30H30O4. The monoisotopic (exact) mass is 454 g/mol. The maximum atomic E-state index is 10.4. The highest BCUT2D eigenvalue weighted by atomic mass is 16.5. The minimum Gasteiger partial charge on any atom is -0.494 e. The summed E-state index contributed by atoms with van der Waals surface area (Å²) in [5, 5.41) is 20.8. The van der Waals surface area contributed by atoms with Crippen LogP contribution in [0.25, 0.3) is 12.2 Å². The zero-order valence-corrected chi connectivity index (χ0v) is 19.1. The third-order valence-electron chi connectivity index (χ3n) is 5.55. The van der Waals surface area contributed by atoms with Crippen LogP contribution in [0.4, 0.5) is 0 Å². The summed E-state index contributed by atoms with van der Waals surface area (Å²) in [6.07, 6.45) is 15.2. The van der Waals surface area contributed by atoms with Crippen molar-refractivity contribution in [3.8, 4) is 0 Å². The van der Waals surface area contributed by atoms with Crippen LogP contribution in [0.3, 0.4) is 0 Å². The maximum absolute atomic E-state index is 10.4. The number of unbranched alkanes of at least 4 members (excludes halogenated alkanes) is 1. The van der Waals surface area contributed by atoms with Gasteiger partial charge in [-0.3, -0.25) is 0 Å². The van der Waals surface area contributed by atoms with Gasteiger partial charge in [0.25, 0.3) is 0 Å². The fourth-order valence-corrected chi connectivity index (χ4v) is 3.70. The molecule has 4 nitrogen and oxygen atoms in total. The molecule has 174 valence electrons. The Hall–Kier alpha value is -3.60. The van der Waals surface area contributed by atoms with Gasteiger partial charge in [0.05, 0.1) is 13.2 Å². The lowest BCUT2D eigenvalue weighted by Gasteiger charge is -2.17. The van der Waals surface area contributed by atoms with E-state index in [2.05, 4.69) is 0 Å². The first-order valence-corrected chi connectivity index (χ1v) is 11.6. The molecule has 2 atom stereocenters. The third-order valence-corrected chi connectivity index (χ3v) is 5.55. The molecule has 2 aliphatic rings. The number of hydrogen-bond acceptors (Lipinski definition) is 4. The summed E-state index contributed by atoms with van der Waals surface area (Å²) >= 11 is 0. The molecule has 2 aliphatic carbocycles. The van der Waals surface area contributed by atoms with Crippen LogP contribution >= 0.6 is 0 Å². The smallest absolute Gasteiger partial charge is 0.118 e. The summed E-state index contributed by atoms with van der Waals surface area (Å²) in [6, 6.07) is 19.9. The molecule has 4 rings (SSSR count). The van der Waals surface area contributed by atoms with Gasteiger partial charge in [-0.1, -0.05) is 72.8 Å². The van der Waals surface area contributed by atoms with E-state index in [1.54, 1.807) is 12.2 Å². The van der Waals surface area contributed by atoms with Gasteiger partial charge in [0.2, 0.25) is 0 Å². The number of aliphatic hydroxyl groups excluding tert-OH is 2. The summed E-state index contributed by atoms with van der Waals surface area (Å²) in [5.41, 5.74) is 3.78. The molecule has 2 unspecified atom stereocenters. The number of hydrogen-bond donors (Lipinski definition) is 2. The first-order valence-electron chi connectivity index (χ1n) is 11.6. The SMILES string of the molecule is OC1C=C(OCCCCOC2=CC(O)C(=Cc3ccccc3)C=C2)C=CC1=Cc1ccccc1. The van der Waals surface area contributed by atoms with Gasteiger partial charge in [0.15, 0.2) is 0 Å². The Bertz CT molecular complexity index is 1030. The van der Waals surface area contributed by atoms with E-state index in [9.17, 15) is 10.2 Å². The normalized spacial score (nSPS) is 21.9. The van der Waals surface area contributed by atoms with Gasteiger partial charge >= 0.3 is 0 Å². The van der Waals surface area contributed by atoms with E-state index in [1.807, 2.05) is 97.1 Å². The average Bonchev–Trinajstić information content (AvgIpc) is 2.86. The van der Waals surface area contributed by atoms with Gasteiger partial charge in [-0.25, -0.2) is 0 Å². The second-order valence-electron chi connectivity index (χ2n) is 8.21. The van der Waals surface area contributed by atoms with Crippen molar-refractivity contribution < 1.29 is 19.7 Å². The van der Waals surface area contributed by atoms with Gasteiger partial charge in [0, 0.05) is 0 Å². The second kappa shape index (κ2) is 12.0. The Kier molecular flexibility index (Phi) is 8.33. The standard InChI is InChI=1S/C30H30O4/c31-29-21-27(15-13-25(29)19-23-9-3-1-4-10-23)33-17-7-8-18-34-28-16-14-26(30(32)22-28)20-24-11-5-2-6-12-24/h1-6,9-16,19-22,29-32H,7-8,17-18H2. The topological polar surface area (TPSA) is 58.9 Å². The molecule has 34 heavy (non-hydrogen) atoms. The summed E-state index contributed by atoms with van der Waals surface area (Å²) in [7, 11) is 0. The van der Waals surface area contributed by atoms with Crippen LogP contribution in [-0.4, -0.2) is 35.6 Å². The van der Waals surface area contributed by atoms with Crippen molar-refractivity contribution in [2.24, 2.45) is 0 Å². The summed E-state index contributed by atoms with van der Waals surface area (Å²) in [4.78, 5) is 0. The van der Waals surface area contributed by atoms with Crippen LogP contribution in [0, 0.1) is 0 Å². The predicted molar refractivity (Wildman–Crippen MR) is 136 cm³/mol. The van der Waals surface area contributed by atoms with Crippen LogP contribution in [0.15, 0.2) is 120 Å². The van der Waals surface area contributed by atoms with Crippen molar-refractivity contribution in [2.75, 3.05) is 13.2 Å². The van der Waals surface area contributed by atoms with E-state index in [-0.39, 0.29) is 0 Å². The fourth-order valence-electron chi connectivity index (χ4n) is 3.70. The van der Waals surface area contributed by atoms with Gasteiger partial charge in [-0.05, 0) is 71.6 Å². The molecule has 0 saturated carbocycles. The summed E-state index contributed by atoms with van der Waals surface area (Å²) in [6.45, 7) is 1.09. The molecular weight excluding hydrogens is 424 g/mol. The number of allylic oxidation sites excluding steroid dienone is 2. The van der Waals surface area contributed by atoms with Crippen LogP contribution in [0.1, 0.15) is 24.0 Å². The van der Waals surface area contributed by atoms with Crippen molar-refractivity contribution >= 4 is 12.2 Å². The Morgan fingerprint density at radius 3 is 1.38 bits per heavy atom. The van der Waals surface area contributed by atoms with E-state index in [0.717, 1.165) is 35.1 Å². The lowest BCUT2D eigenvalue weighted by atomic mass is 10.0. The zero-order valence-electron chi connectivity index (χ0n) is 19.1. The predicted octanol–water partition coefficient (Wildman–Crippen LogP) is 5.60. The minimum absolute atomic E-state index is 0.547. The third kappa shape index (κ3) is 6.95. The second-order valence-corrected chi connectivity index (χ2v) is 8.21. The molecule has 0 aromatic heterocycles. The average molecular weight is 455 g/mol. The van der Waals surface area contributed by atoms with Crippen LogP contribution in [0.2, 0.25) is 0 Å². The lowest BCUT2D eigenvalue weighted by molar-refractivity contribution is 0.173. The highest BCUT2D eigenvalue weighted by Gasteiger charge is 2.13. The molecule has 2 aromatic carbocycles. The van der Waals surface area contributed by atoms with Crippen LogP contribution in [-0.2, 0) is 9.47 Å². The quantitative estimate of drug-likeness (QED) is 0.485. The van der Waals surface area contributed by atoms with E-state index < -0.39 is 12.2 Å². The fraction of sp³-hybridized carbons (Fsp3) is 0.200. The molecule has 0 heterocycles. The first kappa shape index (κ1) is 23.6. The van der Waals surface area contributed by atoms with Crippen molar-refractivity contribution in [3.05, 3.63) is 131 Å². The minimum atomic E-state index is -0.680.